The van der Waals surface area contributed by atoms with Crippen LogP contribution in [0.1, 0.15) is 17.3 Å². The molecule has 0 heterocycles. The fourth-order valence-electron chi connectivity index (χ4n) is 1.30. The molecule has 0 spiro atoms. The Bertz CT molecular complexity index is 577. The average molecular weight is 282 g/mol. The highest BCUT2D eigenvalue weighted by molar-refractivity contribution is 7.92. The lowest BCUT2D eigenvalue weighted by molar-refractivity contribution is 0.104. The monoisotopic (exact) mass is 282 g/mol. The summed E-state index contributed by atoms with van der Waals surface area (Å²) in [4.78, 5) is 13.6. The van der Waals surface area contributed by atoms with Gasteiger partial charge < -0.3 is 4.90 Å². The molecule has 5 nitrogen and oxygen atoms in total. The first kappa shape index (κ1) is 15.2. The van der Waals surface area contributed by atoms with Crippen LogP contribution >= 0.6 is 0 Å². The van der Waals surface area contributed by atoms with Gasteiger partial charge in [-0.2, -0.15) is 0 Å². The number of anilines is 1. The zero-order valence-electron chi connectivity index (χ0n) is 11.3. The molecule has 0 unspecified atom stereocenters. The molecule has 0 saturated carbocycles. The van der Waals surface area contributed by atoms with E-state index in [0.29, 0.717) is 11.3 Å². The highest BCUT2D eigenvalue weighted by atomic mass is 32.2. The largest absolute Gasteiger partial charge is 0.383 e. The molecule has 0 aliphatic heterocycles. The molecule has 0 aliphatic carbocycles. The molecule has 1 rings (SSSR count). The summed E-state index contributed by atoms with van der Waals surface area (Å²) in [6.07, 6.45) is 3.08. The first-order chi connectivity index (χ1) is 8.84. The molecule has 0 atom stereocenters. The molecule has 6 heteroatoms. The quantitative estimate of drug-likeness (QED) is 0.637. The Morgan fingerprint density at radius 3 is 2.63 bits per heavy atom. The molecule has 1 aromatic carbocycles. The summed E-state index contributed by atoms with van der Waals surface area (Å²) in [5.74, 6) is -0.183. The summed E-state index contributed by atoms with van der Waals surface area (Å²) in [6, 6.07) is 6.42. The van der Waals surface area contributed by atoms with Crippen LogP contribution in [0.4, 0.5) is 5.69 Å². The third kappa shape index (κ3) is 5.13. The van der Waals surface area contributed by atoms with Gasteiger partial charge in [-0.3, -0.25) is 9.52 Å². The van der Waals surface area contributed by atoms with E-state index in [1.165, 1.54) is 12.1 Å². The van der Waals surface area contributed by atoms with Gasteiger partial charge in [0.15, 0.2) is 5.78 Å². The first-order valence-electron chi connectivity index (χ1n) is 5.83. The van der Waals surface area contributed by atoms with E-state index in [4.69, 9.17) is 0 Å². The summed E-state index contributed by atoms with van der Waals surface area (Å²) in [5, 5.41) is 0. The van der Waals surface area contributed by atoms with Gasteiger partial charge in [-0.1, -0.05) is 12.1 Å². The zero-order chi connectivity index (χ0) is 14.5. The van der Waals surface area contributed by atoms with Gasteiger partial charge in [0.25, 0.3) is 0 Å². The van der Waals surface area contributed by atoms with Crippen molar-refractivity contribution in [2.45, 2.75) is 6.92 Å². The Morgan fingerprint density at radius 2 is 2.05 bits per heavy atom. The van der Waals surface area contributed by atoms with E-state index in [1.54, 1.807) is 36.2 Å². The van der Waals surface area contributed by atoms with Gasteiger partial charge in [0.2, 0.25) is 10.0 Å². The lowest BCUT2D eigenvalue weighted by Gasteiger charge is -2.07. The van der Waals surface area contributed by atoms with Crippen LogP contribution in [0.15, 0.2) is 36.5 Å². The summed E-state index contributed by atoms with van der Waals surface area (Å²) in [6.45, 7) is 1.55. The summed E-state index contributed by atoms with van der Waals surface area (Å²) >= 11 is 0. The first-order valence-corrected chi connectivity index (χ1v) is 7.49. The Balaban J connectivity index is 2.92. The Morgan fingerprint density at radius 1 is 1.37 bits per heavy atom. The molecular weight excluding hydrogens is 264 g/mol. The van der Waals surface area contributed by atoms with E-state index in [-0.39, 0.29) is 11.5 Å². The molecule has 19 heavy (non-hydrogen) atoms. The molecular formula is C13H18N2O3S. The van der Waals surface area contributed by atoms with Crippen LogP contribution in [0, 0.1) is 0 Å². The van der Waals surface area contributed by atoms with Crippen LogP contribution in [0.2, 0.25) is 0 Å². The summed E-state index contributed by atoms with van der Waals surface area (Å²) < 4.78 is 25.3. The third-order valence-electron chi connectivity index (χ3n) is 2.32. The van der Waals surface area contributed by atoms with Crippen LogP contribution in [0.25, 0.3) is 0 Å². The van der Waals surface area contributed by atoms with E-state index in [9.17, 15) is 13.2 Å². The van der Waals surface area contributed by atoms with Crippen LogP contribution in [0.3, 0.4) is 0 Å². The minimum atomic E-state index is -3.33. The van der Waals surface area contributed by atoms with Gasteiger partial charge in [-0.25, -0.2) is 8.42 Å². The van der Waals surface area contributed by atoms with Crippen LogP contribution in [-0.4, -0.2) is 38.9 Å². The molecule has 1 N–H and O–H groups in total. The second-order valence-corrected chi connectivity index (χ2v) is 6.24. The maximum atomic E-state index is 11.8. The van der Waals surface area contributed by atoms with Gasteiger partial charge in [0.1, 0.15) is 0 Å². The maximum absolute atomic E-state index is 11.8. The molecule has 0 fully saturated rings. The highest BCUT2D eigenvalue weighted by Crippen LogP contribution is 2.13. The Labute approximate surface area is 114 Å². The normalized spacial score (nSPS) is 11.5. The molecule has 0 aromatic heterocycles. The highest BCUT2D eigenvalue weighted by Gasteiger charge is 2.08. The predicted octanol–water partition coefficient (Wildman–Crippen LogP) is 1.71. The van der Waals surface area contributed by atoms with Crippen molar-refractivity contribution in [3.63, 3.8) is 0 Å². The van der Waals surface area contributed by atoms with Crippen molar-refractivity contribution in [2.24, 2.45) is 0 Å². The average Bonchev–Trinajstić information content (AvgIpc) is 2.35. The second kappa shape index (κ2) is 6.38. The summed E-state index contributed by atoms with van der Waals surface area (Å²) in [5.41, 5.74) is 0.834. The van der Waals surface area contributed by atoms with Crippen molar-refractivity contribution in [1.29, 1.82) is 0 Å². The fourth-order valence-corrected chi connectivity index (χ4v) is 1.93. The number of ketones is 1. The number of hydrogen-bond acceptors (Lipinski definition) is 4. The number of sulfonamides is 1. The minimum Gasteiger partial charge on any atom is -0.383 e. The second-order valence-electron chi connectivity index (χ2n) is 4.23. The number of rotatable bonds is 6. The van der Waals surface area contributed by atoms with E-state index in [2.05, 4.69) is 4.72 Å². The van der Waals surface area contributed by atoms with E-state index in [0.717, 1.165) is 0 Å². The lowest BCUT2D eigenvalue weighted by Crippen LogP contribution is -2.14. The molecule has 0 saturated heterocycles. The van der Waals surface area contributed by atoms with Crippen molar-refractivity contribution in [3.05, 3.63) is 42.1 Å². The number of benzene rings is 1. The molecule has 0 radical (unpaired) electrons. The van der Waals surface area contributed by atoms with E-state index < -0.39 is 10.0 Å². The van der Waals surface area contributed by atoms with Gasteiger partial charge in [0.05, 0.1) is 5.75 Å². The molecule has 0 aliphatic rings. The van der Waals surface area contributed by atoms with Crippen molar-refractivity contribution < 1.29 is 13.2 Å². The molecule has 104 valence electrons. The number of allylic oxidation sites excluding steroid dienone is 1. The predicted molar refractivity (Wildman–Crippen MR) is 76.7 cm³/mol. The van der Waals surface area contributed by atoms with Crippen molar-refractivity contribution >= 4 is 21.5 Å². The lowest BCUT2D eigenvalue weighted by atomic mass is 10.1. The van der Waals surface area contributed by atoms with Gasteiger partial charge in [-0.15, -0.1) is 0 Å². The third-order valence-corrected chi connectivity index (χ3v) is 3.63. The number of hydrogen-bond donors (Lipinski definition) is 1. The van der Waals surface area contributed by atoms with Crippen LogP contribution in [0.5, 0.6) is 0 Å². The van der Waals surface area contributed by atoms with E-state index >= 15 is 0 Å². The Kier molecular flexibility index (Phi) is 5.11. The smallest absolute Gasteiger partial charge is 0.232 e. The summed E-state index contributed by atoms with van der Waals surface area (Å²) in [7, 11) is 0.302. The molecule has 1 aromatic rings. The van der Waals surface area contributed by atoms with Crippen molar-refractivity contribution in [3.8, 4) is 0 Å². The van der Waals surface area contributed by atoms with Crippen LogP contribution < -0.4 is 4.72 Å². The SMILES string of the molecule is CCS(=O)(=O)Nc1cccc(C(=O)C=CN(C)C)c1. The topological polar surface area (TPSA) is 66.5 Å². The Hall–Kier alpha value is -1.82. The van der Waals surface area contributed by atoms with Gasteiger partial charge in [-0.05, 0) is 19.1 Å². The minimum absolute atomic E-state index is 0.00823. The molecule has 0 amide bonds. The van der Waals surface area contributed by atoms with Crippen molar-refractivity contribution in [1.82, 2.24) is 4.90 Å². The van der Waals surface area contributed by atoms with Crippen LogP contribution in [-0.2, 0) is 10.0 Å². The van der Waals surface area contributed by atoms with Gasteiger partial charge in [0, 0.05) is 37.6 Å². The number of nitrogens with zero attached hydrogens (tertiary/aromatic N) is 1. The fraction of sp³-hybridized carbons (Fsp3) is 0.308. The van der Waals surface area contributed by atoms with Gasteiger partial charge >= 0.3 is 0 Å². The number of carbonyl (C=O) groups excluding carboxylic acids is 1. The zero-order valence-corrected chi connectivity index (χ0v) is 12.1. The number of nitrogens with one attached hydrogen (secondary N) is 1. The molecule has 0 bridgehead atoms. The standard InChI is InChI=1S/C13H18N2O3S/c1-4-19(17,18)14-12-7-5-6-11(10-12)13(16)8-9-15(2)3/h5-10,14H,4H2,1-3H3. The number of carbonyl (C=O) groups is 1. The van der Waals surface area contributed by atoms with E-state index in [1.807, 2.05) is 14.1 Å². The van der Waals surface area contributed by atoms with Crippen molar-refractivity contribution in [2.75, 3.05) is 24.6 Å². The maximum Gasteiger partial charge on any atom is 0.232 e.